The van der Waals surface area contributed by atoms with Gasteiger partial charge in [0.15, 0.2) is 0 Å². The second-order valence-corrected chi connectivity index (χ2v) is 4.24. The van der Waals surface area contributed by atoms with Crippen LogP contribution in [-0.2, 0) is 6.42 Å². The Labute approximate surface area is 112 Å². The van der Waals surface area contributed by atoms with Crippen LogP contribution in [0.25, 0.3) is 0 Å². The molecule has 0 saturated heterocycles. The molecule has 4 nitrogen and oxygen atoms in total. The second kappa shape index (κ2) is 6.09. The number of ether oxygens (including phenoxy) is 1. The van der Waals surface area contributed by atoms with Crippen LogP contribution in [-0.4, -0.2) is 23.1 Å². The van der Waals surface area contributed by atoms with Crippen LogP contribution >= 0.6 is 0 Å². The highest BCUT2D eigenvalue weighted by molar-refractivity contribution is 6.07. The molecule has 2 aromatic rings. The first-order chi connectivity index (χ1) is 9.24. The zero-order chi connectivity index (χ0) is 13.7. The molecule has 0 fully saturated rings. The molecular weight excluding hydrogens is 240 g/mol. The Morgan fingerprint density at radius 1 is 1.11 bits per heavy atom. The summed E-state index contributed by atoms with van der Waals surface area (Å²) in [5.74, 6) is 0.271. The Bertz CT molecular complexity index is 547. The molecule has 0 aliphatic carbocycles. The molecule has 1 aromatic heterocycles. The lowest BCUT2D eigenvalue weighted by molar-refractivity contribution is 0.103. The predicted molar refractivity (Wildman–Crippen MR) is 72.5 cm³/mol. The number of ketones is 1. The third kappa shape index (κ3) is 3.16. The van der Waals surface area contributed by atoms with Gasteiger partial charge < -0.3 is 4.74 Å². The highest BCUT2D eigenvalue weighted by Gasteiger charge is 2.11. The predicted octanol–water partition coefficient (Wildman–Crippen LogP) is 2.67. The smallest absolute Gasteiger partial charge is 0.233 e. The molecule has 0 aliphatic heterocycles. The minimum atomic E-state index is -0.127. The highest BCUT2D eigenvalue weighted by atomic mass is 16.5. The van der Waals surface area contributed by atoms with Crippen molar-refractivity contribution in [3.63, 3.8) is 0 Å². The third-order valence-electron chi connectivity index (χ3n) is 2.84. The number of carbonyl (C=O) groups is 1. The van der Waals surface area contributed by atoms with Crippen molar-refractivity contribution in [1.82, 2.24) is 10.2 Å². The molecule has 0 radical (unpaired) electrons. The number of aryl methyl sites for hydroxylation is 1. The van der Waals surface area contributed by atoms with Crippen LogP contribution in [0.3, 0.4) is 0 Å². The fourth-order valence-corrected chi connectivity index (χ4v) is 1.81. The summed E-state index contributed by atoms with van der Waals surface area (Å²) in [7, 11) is 1.51. The van der Waals surface area contributed by atoms with Crippen molar-refractivity contribution in [2.75, 3.05) is 7.11 Å². The number of hydrogen-bond acceptors (Lipinski definition) is 4. The van der Waals surface area contributed by atoms with Crippen molar-refractivity contribution in [2.24, 2.45) is 0 Å². The Morgan fingerprint density at radius 3 is 2.37 bits per heavy atom. The van der Waals surface area contributed by atoms with Gasteiger partial charge in [0.2, 0.25) is 11.7 Å². The van der Waals surface area contributed by atoms with Gasteiger partial charge in [-0.05, 0) is 18.1 Å². The largest absolute Gasteiger partial charge is 0.480 e. The van der Waals surface area contributed by atoms with E-state index in [1.165, 1.54) is 12.7 Å². The number of benzene rings is 1. The lowest BCUT2D eigenvalue weighted by Gasteiger charge is -2.03. The fourth-order valence-electron chi connectivity index (χ4n) is 1.81. The van der Waals surface area contributed by atoms with Crippen LogP contribution in [0.5, 0.6) is 5.88 Å². The van der Waals surface area contributed by atoms with E-state index < -0.39 is 0 Å². The summed E-state index contributed by atoms with van der Waals surface area (Å²) in [6.45, 7) is 2.13. The first kappa shape index (κ1) is 13.2. The zero-order valence-corrected chi connectivity index (χ0v) is 11.1. The Hall–Kier alpha value is -2.23. The van der Waals surface area contributed by atoms with Gasteiger partial charge in [0.05, 0.1) is 7.11 Å². The maximum absolute atomic E-state index is 12.2. The maximum Gasteiger partial charge on any atom is 0.233 e. The number of aromatic nitrogens is 2. The lowest BCUT2D eigenvalue weighted by atomic mass is 10.0. The first-order valence-electron chi connectivity index (χ1n) is 6.26. The van der Waals surface area contributed by atoms with Crippen LogP contribution in [0.4, 0.5) is 0 Å². The lowest BCUT2D eigenvalue weighted by Crippen LogP contribution is -2.05. The van der Waals surface area contributed by atoms with Crippen molar-refractivity contribution in [3.05, 3.63) is 53.2 Å². The van der Waals surface area contributed by atoms with Crippen LogP contribution < -0.4 is 4.74 Å². The average molecular weight is 256 g/mol. The Morgan fingerprint density at radius 2 is 1.84 bits per heavy atom. The van der Waals surface area contributed by atoms with Crippen molar-refractivity contribution < 1.29 is 9.53 Å². The molecule has 19 heavy (non-hydrogen) atoms. The van der Waals surface area contributed by atoms with E-state index in [0.717, 1.165) is 12.8 Å². The maximum atomic E-state index is 12.2. The molecule has 98 valence electrons. The van der Waals surface area contributed by atoms with Gasteiger partial charge >= 0.3 is 0 Å². The molecule has 1 aromatic carbocycles. The van der Waals surface area contributed by atoms with Gasteiger partial charge in [-0.25, -0.2) is 0 Å². The summed E-state index contributed by atoms with van der Waals surface area (Å²) in [5, 5.41) is 7.66. The first-order valence-corrected chi connectivity index (χ1v) is 6.26. The third-order valence-corrected chi connectivity index (χ3v) is 2.84. The Kier molecular flexibility index (Phi) is 4.23. The fraction of sp³-hybridized carbons (Fsp3) is 0.267. The SMILES string of the molecule is CCCc1ccc(C(=O)c2ccc(OC)nn2)cc1. The molecule has 2 rings (SSSR count). The summed E-state index contributed by atoms with van der Waals surface area (Å²) in [6.07, 6.45) is 2.12. The van der Waals surface area contributed by atoms with E-state index in [-0.39, 0.29) is 5.78 Å². The van der Waals surface area contributed by atoms with E-state index in [1.54, 1.807) is 12.1 Å². The molecule has 0 unspecified atom stereocenters. The molecule has 0 atom stereocenters. The van der Waals surface area contributed by atoms with Crippen molar-refractivity contribution in [3.8, 4) is 5.88 Å². The number of nitrogens with zero attached hydrogens (tertiary/aromatic N) is 2. The molecule has 0 N–H and O–H groups in total. The monoisotopic (exact) mass is 256 g/mol. The molecule has 0 spiro atoms. The number of hydrogen-bond donors (Lipinski definition) is 0. The van der Waals surface area contributed by atoms with E-state index in [9.17, 15) is 4.79 Å². The average Bonchev–Trinajstić information content (AvgIpc) is 2.48. The molecule has 0 aliphatic rings. The van der Waals surface area contributed by atoms with Gasteiger partial charge in [-0.3, -0.25) is 4.79 Å². The second-order valence-electron chi connectivity index (χ2n) is 4.24. The molecule has 4 heteroatoms. The van der Waals surface area contributed by atoms with Gasteiger partial charge in [0, 0.05) is 11.6 Å². The molecule has 1 heterocycles. The summed E-state index contributed by atoms with van der Waals surface area (Å²) < 4.78 is 4.91. The van der Waals surface area contributed by atoms with E-state index in [1.807, 2.05) is 24.3 Å². The standard InChI is InChI=1S/C15H16N2O2/c1-3-4-11-5-7-12(8-6-11)15(18)13-9-10-14(19-2)17-16-13/h5-10H,3-4H2,1-2H3. The van der Waals surface area contributed by atoms with Crippen LogP contribution in [0.1, 0.15) is 35.0 Å². The van der Waals surface area contributed by atoms with Gasteiger partial charge in [0.1, 0.15) is 5.69 Å². The summed E-state index contributed by atoms with van der Waals surface area (Å²) in [6, 6.07) is 10.9. The van der Waals surface area contributed by atoms with Gasteiger partial charge in [-0.2, -0.15) is 0 Å². The number of rotatable bonds is 5. The Balaban J connectivity index is 2.18. The highest BCUT2D eigenvalue weighted by Crippen LogP contribution is 2.12. The molecule has 0 amide bonds. The molecular formula is C15H16N2O2. The van der Waals surface area contributed by atoms with E-state index >= 15 is 0 Å². The van der Waals surface area contributed by atoms with Crippen molar-refractivity contribution >= 4 is 5.78 Å². The van der Waals surface area contributed by atoms with Crippen LogP contribution in [0.15, 0.2) is 36.4 Å². The summed E-state index contributed by atoms with van der Waals surface area (Å²) in [5.41, 5.74) is 2.18. The minimum absolute atomic E-state index is 0.127. The van der Waals surface area contributed by atoms with Gasteiger partial charge in [0.25, 0.3) is 0 Å². The minimum Gasteiger partial charge on any atom is -0.480 e. The summed E-state index contributed by atoms with van der Waals surface area (Å²) in [4.78, 5) is 12.2. The quantitative estimate of drug-likeness (QED) is 0.772. The zero-order valence-electron chi connectivity index (χ0n) is 11.1. The van der Waals surface area contributed by atoms with E-state index in [2.05, 4.69) is 17.1 Å². The number of methoxy groups -OCH3 is 1. The number of carbonyl (C=O) groups excluding carboxylic acids is 1. The van der Waals surface area contributed by atoms with Gasteiger partial charge in [-0.1, -0.05) is 37.6 Å². The van der Waals surface area contributed by atoms with Gasteiger partial charge in [-0.15, -0.1) is 10.2 Å². The summed E-state index contributed by atoms with van der Waals surface area (Å²) >= 11 is 0. The van der Waals surface area contributed by atoms with E-state index in [4.69, 9.17) is 4.74 Å². The van der Waals surface area contributed by atoms with Crippen molar-refractivity contribution in [2.45, 2.75) is 19.8 Å². The molecule has 0 saturated carbocycles. The topological polar surface area (TPSA) is 52.1 Å². The van der Waals surface area contributed by atoms with Crippen LogP contribution in [0.2, 0.25) is 0 Å². The van der Waals surface area contributed by atoms with E-state index in [0.29, 0.717) is 17.1 Å². The van der Waals surface area contributed by atoms with Crippen LogP contribution in [0, 0.1) is 0 Å². The van der Waals surface area contributed by atoms with Crippen molar-refractivity contribution in [1.29, 1.82) is 0 Å². The normalized spacial score (nSPS) is 10.2. The molecule has 0 bridgehead atoms.